The molecule has 0 radical (unpaired) electrons. The van der Waals surface area contributed by atoms with E-state index in [0.717, 1.165) is 5.56 Å². The lowest BCUT2D eigenvalue weighted by Crippen LogP contribution is -2.42. The highest BCUT2D eigenvalue weighted by atomic mass is 16.5. The highest BCUT2D eigenvalue weighted by Gasteiger charge is 2.18. The minimum absolute atomic E-state index is 0.179. The summed E-state index contributed by atoms with van der Waals surface area (Å²) in [6.45, 7) is 4.34. The first kappa shape index (κ1) is 16.7. The molecule has 21 heavy (non-hydrogen) atoms. The molecule has 1 unspecified atom stereocenters. The molecule has 0 spiro atoms. The average molecular weight is 295 g/mol. The monoisotopic (exact) mass is 295 g/mol. The number of hydrogen-bond acceptors (Lipinski definition) is 4. The van der Waals surface area contributed by atoms with Crippen LogP contribution in [0.3, 0.4) is 0 Å². The molecule has 0 saturated carbocycles. The molecule has 2 amide bonds. The maximum Gasteiger partial charge on any atom is 0.317 e. The Bertz CT molecular complexity index is 476. The van der Waals surface area contributed by atoms with Gasteiger partial charge >= 0.3 is 12.0 Å². The van der Waals surface area contributed by atoms with Crippen LogP contribution in [0.4, 0.5) is 4.79 Å². The summed E-state index contributed by atoms with van der Waals surface area (Å²) in [4.78, 5) is 28.4. The zero-order valence-corrected chi connectivity index (χ0v) is 12.5. The minimum atomic E-state index is -0.916. The molecule has 1 heterocycles. The van der Waals surface area contributed by atoms with Gasteiger partial charge in [-0.2, -0.15) is 0 Å². The zero-order valence-electron chi connectivity index (χ0n) is 12.5. The third kappa shape index (κ3) is 5.29. The van der Waals surface area contributed by atoms with Gasteiger partial charge in [-0.05, 0) is 12.5 Å². The minimum Gasteiger partial charge on any atom is -0.481 e. The van der Waals surface area contributed by atoms with E-state index in [1.54, 1.807) is 19.2 Å². The number of ether oxygens (including phenoxy) is 1. The molecular formula is C14H21N3O4. The number of carbonyl (C=O) groups excluding carboxylic acids is 1. The molecular weight excluding hydrogens is 274 g/mol. The number of carboxylic acid groups (broad SMARTS) is 1. The number of aliphatic carboxylic acids is 1. The molecule has 1 rings (SSSR count). The molecule has 0 fully saturated rings. The van der Waals surface area contributed by atoms with Gasteiger partial charge in [-0.3, -0.25) is 4.79 Å². The molecule has 0 aliphatic carbocycles. The molecule has 7 heteroatoms. The van der Waals surface area contributed by atoms with Gasteiger partial charge in [0.15, 0.2) is 0 Å². The van der Waals surface area contributed by atoms with Crippen LogP contribution >= 0.6 is 0 Å². The molecule has 0 saturated heterocycles. The Morgan fingerprint density at radius 3 is 2.67 bits per heavy atom. The van der Waals surface area contributed by atoms with Crippen molar-refractivity contribution >= 4 is 12.0 Å². The van der Waals surface area contributed by atoms with Gasteiger partial charge < -0.3 is 20.1 Å². The van der Waals surface area contributed by atoms with E-state index in [0.29, 0.717) is 19.0 Å². The molecule has 1 aromatic heterocycles. The Morgan fingerprint density at radius 2 is 2.19 bits per heavy atom. The van der Waals surface area contributed by atoms with E-state index in [4.69, 9.17) is 9.84 Å². The van der Waals surface area contributed by atoms with Crippen LogP contribution in [0.25, 0.3) is 0 Å². The molecule has 1 aromatic rings. The quantitative estimate of drug-likeness (QED) is 0.792. The van der Waals surface area contributed by atoms with E-state index < -0.39 is 11.9 Å². The first-order chi connectivity index (χ1) is 9.97. The summed E-state index contributed by atoms with van der Waals surface area (Å²) in [6, 6.07) is 3.23. The van der Waals surface area contributed by atoms with Crippen LogP contribution in [-0.4, -0.2) is 47.2 Å². The number of nitrogens with one attached hydrogen (secondary N) is 1. The number of nitrogens with zero attached hydrogens (tertiary/aromatic N) is 2. The molecule has 116 valence electrons. The van der Waals surface area contributed by atoms with E-state index >= 15 is 0 Å². The average Bonchev–Trinajstić information content (AvgIpc) is 2.50. The van der Waals surface area contributed by atoms with Crippen molar-refractivity contribution in [3.8, 4) is 5.88 Å². The SMILES string of the molecule is CCN(CC(C)C(=O)O)C(=O)NCc1ccc(OC)nc1. The second kappa shape index (κ2) is 8.08. The summed E-state index contributed by atoms with van der Waals surface area (Å²) in [6.07, 6.45) is 1.62. The number of hydrogen-bond donors (Lipinski definition) is 2. The van der Waals surface area contributed by atoms with Crippen molar-refractivity contribution in [2.45, 2.75) is 20.4 Å². The van der Waals surface area contributed by atoms with Gasteiger partial charge in [0, 0.05) is 31.9 Å². The van der Waals surface area contributed by atoms with Crippen molar-refractivity contribution in [1.29, 1.82) is 0 Å². The van der Waals surface area contributed by atoms with E-state index in [1.807, 2.05) is 13.0 Å². The van der Waals surface area contributed by atoms with Crippen LogP contribution in [0.15, 0.2) is 18.3 Å². The molecule has 0 aliphatic rings. The summed E-state index contributed by atoms with van der Waals surface area (Å²) >= 11 is 0. The number of carbonyl (C=O) groups is 2. The Kier molecular flexibility index (Phi) is 6.45. The van der Waals surface area contributed by atoms with E-state index in [-0.39, 0.29) is 12.6 Å². The molecule has 7 nitrogen and oxygen atoms in total. The van der Waals surface area contributed by atoms with Gasteiger partial charge in [0.2, 0.25) is 5.88 Å². The van der Waals surface area contributed by atoms with Crippen molar-refractivity contribution in [3.05, 3.63) is 23.9 Å². The van der Waals surface area contributed by atoms with Gasteiger partial charge in [-0.15, -0.1) is 0 Å². The Balaban J connectivity index is 2.51. The maximum atomic E-state index is 12.0. The van der Waals surface area contributed by atoms with E-state index in [2.05, 4.69) is 10.3 Å². The van der Waals surface area contributed by atoms with E-state index in [9.17, 15) is 9.59 Å². The molecule has 0 aliphatic heterocycles. The number of urea groups is 1. The lowest BCUT2D eigenvalue weighted by molar-refractivity contribution is -0.141. The molecule has 0 aromatic carbocycles. The van der Waals surface area contributed by atoms with Crippen molar-refractivity contribution in [1.82, 2.24) is 15.2 Å². The number of pyridine rings is 1. The van der Waals surface area contributed by atoms with Gasteiger partial charge in [0.05, 0.1) is 13.0 Å². The van der Waals surface area contributed by atoms with Crippen molar-refractivity contribution in [2.75, 3.05) is 20.2 Å². The number of amides is 2. The summed E-state index contributed by atoms with van der Waals surface area (Å²) in [5.74, 6) is -1.01. The van der Waals surface area contributed by atoms with Crippen LogP contribution < -0.4 is 10.1 Å². The van der Waals surface area contributed by atoms with Gasteiger partial charge in [-0.1, -0.05) is 13.0 Å². The largest absolute Gasteiger partial charge is 0.481 e. The van der Waals surface area contributed by atoms with Crippen LogP contribution in [0, 0.1) is 5.92 Å². The Hall–Kier alpha value is -2.31. The lowest BCUT2D eigenvalue weighted by Gasteiger charge is -2.23. The second-order valence-corrected chi connectivity index (χ2v) is 4.65. The number of aromatic nitrogens is 1. The Labute approximate surface area is 123 Å². The Morgan fingerprint density at radius 1 is 1.48 bits per heavy atom. The predicted molar refractivity (Wildman–Crippen MR) is 77.1 cm³/mol. The van der Waals surface area contributed by atoms with Crippen LogP contribution in [-0.2, 0) is 11.3 Å². The zero-order chi connectivity index (χ0) is 15.8. The number of carboxylic acids is 1. The third-order valence-corrected chi connectivity index (χ3v) is 3.04. The highest BCUT2D eigenvalue weighted by molar-refractivity contribution is 5.75. The normalized spacial score (nSPS) is 11.6. The van der Waals surface area contributed by atoms with Gasteiger partial charge in [-0.25, -0.2) is 9.78 Å². The summed E-state index contributed by atoms with van der Waals surface area (Å²) in [7, 11) is 1.53. The lowest BCUT2D eigenvalue weighted by atomic mass is 10.2. The third-order valence-electron chi connectivity index (χ3n) is 3.04. The predicted octanol–water partition coefficient (Wildman–Crippen LogP) is 1.34. The van der Waals surface area contributed by atoms with Crippen molar-refractivity contribution in [3.63, 3.8) is 0 Å². The van der Waals surface area contributed by atoms with Gasteiger partial charge in [0.25, 0.3) is 0 Å². The number of rotatable bonds is 7. The van der Waals surface area contributed by atoms with Gasteiger partial charge in [0.1, 0.15) is 0 Å². The highest BCUT2D eigenvalue weighted by Crippen LogP contribution is 2.07. The second-order valence-electron chi connectivity index (χ2n) is 4.65. The smallest absolute Gasteiger partial charge is 0.317 e. The van der Waals surface area contributed by atoms with E-state index in [1.165, 1.54) is 12.0 Å². The van der Waals surface area contributed by atoms with Crippen LogP contribution in [0.1, 0.15) is 19.4 Å². The topological polar surface area (TPSA) is 91.8 Å². The first-order valence-corrected chi connectivity index (χ1v) is 6.72. The fraction of sp³-hybridized carbons (Fsp3) is 0.500. The first-order valence-electron chi connectivity index (χ1n) is 6.72. The summed E-state index contributed by atoms with van der Waals surface area (Å²) in [5, 5.41) is 11.6. The standard InChI is InChI=1S/C14H21N3O4/c1-4-17(9-10(2)13(18)19)14(20)16-8-11-5-6-12(21-3)15-7-11/h5-7,10H,4,8-9H2,1-3H3,(H,16,20)(H,18,19). The number of methoxy groups -OCH3 is 1. The molecule has 0 bridgehead atoms. The fourth-order valence-electron chi connectivity index (χ4n) is 1.69. The van der Waals surface area contributed by atoms with Crippen molar-refractivity contribution in [2.24, 2.45) is 5.92 Å². The maximum absolute atomic E-state index is 12.0. The molecule has 2 N–H and O–H groups in total. The van der Waals surface area contributed by atoms with Crippen molar-refractivity contribution < 1.29 is 19.4 Å². The molecule has 1 atom stereocenters. The summed E-state index contributed by atoms with van der Waals surface area (Å²) < 4.78 is 4.95. The summed E-state index contributed by atoms with van der Waals surface area (Å²) in [5.41, 5.74) is 0.839. The van der Waals surface area contributed by atoms with Crippen LogP contribution in [0.2, 0.25) is 0 Å². The fourth-order valence-corrected chi connectivity index (χ4v) is 1.69. The van der Waals surface area contributed by atoms with Crippen LogP contribution in [0.5, 0.6) is 5.88 Å².